The number of hydrogen-bond donors (Lipinski definition) is 1. The summed E-state index contributed by atoms with van der Waals surface area (Å²) in [5.41, 5.74) is 6.60. The molecule has 2 aromatic rings. The quantitative estimate of drug-likeness (QED) is 0.755. The van der Waals surface area contributed by atoms with Crippen LogP contribution in [0, 0.1) is 0 Å². The number of nitrogens with two attached hydrogens (primary N) is 1. The first-order valence-electron chi connectivity index (χ1n) is 10.6. The molecule has 2 atom stereocenters. The number of carbonyl (C=O) groups excluding carboxylic acids is 2. The van der Waals surface area contributed by atoms with Gasteiger partial charge in [-0.25, -0.2) is 9.78 Å². The highest BCUT2D eigenvalue weighted by Gasteiger charge is 2.43. The zero-order chi connectivity index (χ0) is 21.1. The van der Waals surface area contributed by atoms with Crippen molar-refractivity contribution < 1.29 is 19.1 Å². The van der Waals surface area contributed by atoms with E-state index in [1.54, 1.807) is 12.1 Å². The van der Waals surface area contributed by atoms with E-state index in [2.05, 4.69) is 4.98 Å². The molecule has 30 heavy (non-hydrogen) atoms. The molecule has 158 valence electrons. The number of aromatic nitrogens is 1. The fraction of sp³-hybridized carbons (Fsp3) is 0.435. The molecule has 1 fully saturated rings. The van der Waals surface area contributed by atoms with Crippen LogP contribution in [0.2, 0.25) is 0 Å². The summed E-state index contributed by atoms with van der Waals surface area (Å²) >= 11 is 0. The van der Waals surface area contributed by atoms with Crippen molar-refractivity contribution in [1.82, 2.24) is 4.98 Å². The van der Waals surface area contributed by atoms with E-state index in [0.29, 0.717) is 17.7 Å². The average molecular weight is 409 g/mol. The molecule has 2 aliphatic rings. The molecule has 0 radical (unpaired) electrons. The number of ether oxygens (including phenoxy) is 2. The molecule has 1 aromatic heterocycles. The Labute approximate surface area is 176 Å². The van der Waals surface area contributed by atoms with Crippen molar-refractivity contribution in [3.63, 3.8) is 0 Å². The predicted molar refractivity (Wildman–Crippen MR) is 113 cm³/mol. The van der Waals surface area contributed by atoms with Gasteiger partial charge in [-0.2, -0.15) is 0 Å². The van der Waals surface area contributed by atoms with Gasteiger partial charge in [0.15, 0.2) is 11.6 Å². The lowest BCUT2D eigenvalue weighted by Gasteiger charge is -2.37. The zero-order valence-corrected chi connectivity index (χ0v) is 17.1. The second-order valence-electron chi connectivity index (χ2n) is 7.80. The van der Waals surface area contributed by atoms with Gasteiger partial charge in [0.2, 0.25) is 6.10 Å². The van der Waals surface area contributed by atoms with Crippen molar-refractivity contribution in [2.24, 2.45) is 0 Å². The summed E-state index contributed by atoms with van der Waals surface area (Å²) < 4.78 is 11.8. The van der Waals surface area contributed by atoms with E-state index in [-0.39, 0.29) is 23.6 Å². The highest BCUT2D eigenvalue weighted by molar-refractivity contribution is 6.04. The van der Waals surface area contributed by atoms with Crippen LogP contribution in [0.25, 0.3) is 0 Å². The first-order chi connectivity index (χ1) is 14.6. The number of nitrogens with zero attached hydrogens (tertiary/aromatic N) is 2. The van der Waals surface area contributed by atoms with E-state index < -0.39 is 18.1 Å². The van der Waals surface area contributed by atoms with Crippen LogP contribution in [0.4, 0.5) is 11.6 Å². The predicted octanol–water partition coefficient (Wildman–Crippen LogP) is 3.79. The summed E-state index contributed by atoms with van der Waals surface area (Å²) in [6.45, 7) is 1.86. The first-order valence-corrected chi connectivity index (χ1v) is 10.6. The molecule has 2 unspecified atom stereocenters. The van der Waals surface area contributed by atoms with Crippen LogP contribution < -0.4 is 15.4 Å². The lowest BCUT2D eigenvalue weighted by Crippen LogP contribution is -2.51. The second-order valence-corrected chi connectivity index (χ2v) is 7.80. The molecule has 2 heterocycles. The van der Waals surface area contributed by atoms with Gasteiger partial charge in [-0.15, -0.1) is 0 Å². The Kier molecular flexibility index (Phi) is 5.88. The minimum atomic E-state index is -0.861. The van der Waals surface area contributed by atoms with E-state index in [0.717, 1.165) is 25.7 Å². The Morgan fingerprint density at radius 2 is 1.93 bits per heavy atom. The van der Waals surface area contributed by atoms with Crippen molar-refractivity contribution in [2.45, 2.75) is 63.7 Å². The summed E-state index contributed by atoms with van der Waals surface area (Å²) in [6.07, 6.45) is 4.47. The molecule has 0 saturated heterocycles. The number of anilines is 2. The van der Waals surface area contributed by atoms with E-state index >= 15 is 0 Å². The van der Waals surface area contributed by atoms with Crippen LogP contribution >= 0.6 is 0 Å². The molecule has 1 aromatic carbocycles. The molecule has 1 saturated carbocycles. The van der Waals surface area contributed by atoms with E-state index in [4.69, 9.17) is 15.2 Å². The summed E-state index contributed by atoms with van der Waals surface area (Å²) in [6, 6.07) is 11.8. The van der Waals surface area contributed by atoms with Crippen LogP contribution in [0.15, 0.2) is 42.5 Å². The van der Waals surface area contributed by atoms with Crippen molar-refractivity contribution in [3.05, 3.63) is 48.0 Å². The van der Waals surface area contributed by atoms with Crippen molar-refractivity contribution in [2.75, 3.05) is 10.6 Å². The topological polar surface area (TPSA) is 94.8 Å². The fourth-order valence-corrected chi connectivity index (χ4v) is 4.14. The van der Waals surface area contributed by atoms with Crippen LogP contribution in [-0.2, 0) is 14.3 Å². The van der Waals surface area contributed by atoms with Gasteiger partial charge in [-0.1, -0.05) is 43.7 Å². The summed E-state index contributed by atoms with van der Waals surface area (Å²) in [5.74, 6) is 0.186. The number of nitrogen functional groups attached to an aromatic ring is 1. The number of pyridine rings is 1. The Bertz CT molecular complexity index is 912. The molecule has 7 heteroatoms. The molecule has 0 bridgehead atoms. The third kappa shape index (κ3) is 3.97. The van der Waals surface area contributed by atoms with Gasteiger partial charge < -0.3 is 15.2 Å². The zero-order valence-electron chi connectivity index (χ0n) is 17.1. The van der Waals surface area contributed by atoms with Crippen LogP contribution in [0.5, 0.6) is 5.75 Å². The third-order valence-corrected chi connectivity index (χ3v) is 5.70. The van der Waals surface area contributed by atoms with Gasteiger partial charge in [-0.3, -0.25) is 9.69 Å². The van der Waals surface area contributed by atoms with Gasteiger partial charge in [0.1, 0.15) is 18.0 Å². The number of fused-ring (bicyclic) bond motifs is 1. The van der Waals surface area contributed by atoms with E-state index in [9.17, 15) is 9.59 Å². The molecule has 1 aliphatic carbocycles. The third-order valence-electron chi connectivity index (χ3n) is 5.70. The van der Waals surface area contributed by atoms with Gasteiger partial charge in [-0.05, 0) is 44.2 Å². The largest absolute Gasteiger partial charge is 0.472 e. The second kappa shape index (κ2) is 8.73. The lowest BCUT2D eigenvalue weighted by atomic mass is 9.97. The highest BCUT2D eigenvalue weighted by atomic mass is 16.5. The summed E-state index contributed by atoms with van der Waals surface area (Å²) in [5, 5.41) is 0. The fourth-order valence-electron chi connectivity index (χ4n) is 4.14. The minimum absolute atomic E-state index is 0.0883. The molecule has 4 rings (SSSR count). The molecular weight excluding hydrogens is 382 g/mol. The Morgan fingerprint density at radius 1 is 1.20 bits per heavy atom. The number of hydrogen-bond acceptors (Lipinski definition) is 6. The molecule has 0 spiro atoms. The van der Waals surface area contributed by atoms with Gasteiger partial charge in [0, 0.05) is 5.56 Å². The molecule has 2 N–H and O–H groups in total. The molecule has 1 amide bonds. The summed E-state index contributed by atoms with van der Waals surface area (Å²) in [7, 11) is 0. The SMILES string of the molecule is CCC(C(=O)OC1CCCCC1)N1C(=O)C(c2ccccc2)Oc2ccc(N)nc21. The minimum Gasteiger partial charge on any atom is -0.472 e. The van der Waals surface area contributed by atoms with Gasteiger partial charge >= 0.3 is 5.97 Å². The molecule has 7 nitrogen and oxygen atoms in total. The van der Waals surface area contributed by atoms with E-state index in [1.165, 1.54) is 11.3 Å². The van der Waals surface area contributed by atoms with Crippen molar-refractivity contribution >= 4 is 23.5 Å². The Hall–Kier alpha value is -3.09. The number of carbonyl (C=O) groups is 2. The standard InChI is InChI=1S/C23H27N3O4/c1-2-17(23(28)29-16-11-7-4-8-12-16)26-21-18(13-14-19(24)25-21)30-20(22(26)27)15-9-5-3-6-10-15/h3,5-6,9-10,13-14,16-17,20H,2,4,7-8,11-12H2,1H3,(H2,24,25). The number of esters is 1. The maximum absolute atomic E-state index is 13.5. The van der Waals surface area contributed by atoms with Crippen molar-refractivity contribution in [3.8, 4) is 5.75 Å². The maximum atomic E-state index is 13.5. The van der Waals surface area contributed by atoms with E-state index in [1.807, 2.05) is 37.3 Å². The molecule has 1 aliphatic heterocycles. The highest BCUT2D eigenvalue weighted by Crippen LogP contribution is 2.40. The number of benzene rings is 1. The van der Waals surface area contributed by atoms with Crippen LogP contribution in [0.1, 0.15) is 57.1 Å². The summed E-state index contributed by atoms with van der Waals surface area (Å²) in [4.78, 5) is 32.4. The smallest absolute Gasteiger partial charge is 0.329 e. The lowest BCUT2D eigenvalue weighted by molar-refractivity contribution is -0.153. The normalized spacial score (nSPS) is 20.2. The van der Waals surface area contributed by atoms with Crippen LogP contribution in [-0.4, -0.2) is 29.0 Å². The molecular formula is C23H27N3O4. The number of rotatable bonds is 5. The van der Waals surface area contributed by atoms with Gasteiger partial charge in [0.25, 0.3) is 5.91 Å². The Morgan fingerprint density at radius 3 is 2.63 bits per heavy atom. The van der Waals surface area contributed by atoms with Crippen LogP contribution in [0.3, 0.4) is 0 Å². The number of amides is 1. The van der Waals surface area contributed by atoms with Gasteiger partial charge in [0.05, 0.1) is 0 Å². The average Bonchev–Trinajstić information content (AvgIpc) is 2.77. The monoisotopic (exact) mass is 409 g/mol. The van der Waals surface area contributed by atoms with Crippen molar-refractivity contribution in [1.29, 1.82) is 0 Å². The Balaban J connectivity index is 1.68. The maximum Gasteiger partial charge on any atom is 0.329 e. The first kappa shape index (κ1) is 20.2.